The number of carbonyl (C=O) groups is 1. The molecule has 5 nitrogen and oxygen atoms in total. The van der Waals surface area contributed by atoms with Gasteiger partial charge < -0.3 is 5.11 Å². The van der Waals surface area contributed by atoms with Crippen LogP contribution in [0.1, 0.15) is 10.5 Å². The van der Waals surface area contributed by atoms with Gasteiger partial charge in [-0.15, -0.1) is 0 Å². The predicted molar refractivity (Wildman–Crippen MR) is 74.9 cm³/mol. The lowest BCUT2D eigenvalue weighted by Gasteiger charge is -2.03. The molecular formula is C14H9N3O2S. The van der Waals surface area contributed by atoms with Crippen molar-refractivity contribution < 1.29 is 9.90 Å². The molecule has 3 rings (SSSR count). The number of nitrogens with zero attached hydrogens (tertiary/aromatic N) is 3. The van der Waals surface area contributed by atoms with Crippen LogP contribution in [-0.4, -0.2) is 26.0 Å². The van der Waals surface area contributed by atoms with Gasteiger partial charge in [-0.1, -0.05) is 23.9 Å². The summed E-state index contributed by atoms with van der Waals surface area (Å²) >= 11 is 1.36. The molecule has 6 heteroatoms. The van der Waals surface area contributed by atoms with Gasteiger partial charge in [0.25, 0.3) is 0 Å². The maximum Gasteiger partial charge on any atom is 0.354 e. The van der Waals surface area contributed by atoms with Crippen molar-refractivity contribution >= 4 is 28.8 Å². The fourth-order valence-electron chi connectivity index (χ4n) is 1.70. The first kappa shape index (κ1) is 12.6. The SMILES string of the molecule is O=C(O)c1cc(Sc2cnc3ccccc3n2)ccn1. The topological polar surface area (TPSA) is 76.0 Å². The molecule has 1 aromatic carbocycles. The number of benzene rings is 1. The largest absolute Gasteiger partial charge is 0.477 e. The highest BCUT2D eigenvalue weighted by Gasteiger charge is 2.07. The van der Waals surface area contributed by atoms with Crippen molar-refractivity contribution in [3.05, 3.63) is 54.5 Å². The quantitative estimate of drug-likeness (QED) is 0.796. The zero-order valence-electron chi connectivity index (χ0n) is 10.2. The van der Waals surface area contributed by atoms with Gasteiger partial charge in [-0.25, -0.2) is 14.8 Å². The van der Waals surface area contributed by atoms with Crippen LogP contribution in [-0.2, 0) is 0 Å². The van der Waals surface area contributed by atoms with Crippen molar-refractivity contribution in [2.24, 2.45) is 0 Å². The molecule has 0 aliphatic rings. The van der Waals surface area contributed by atoms with Crippen LogP contribution < -0.4 is 0 Å². The Hall–Kier alpha value is -2.47. The fraction of sp³-hybridized carbons (Fsp3) is 0. The normalized spacial score (nSPS) is 10.6. The zero-order chi connectivity index (χ0) is 13.9. The monoisotopic (exact) mass is 283 g/mol. The number of carboxylic acids is 1. The number of hydrogen-bond donors (Lipinski definition) is 1. The molecule has 2 heterocycles. The number of rotatable bonds is 3. The van der Waals surface area contributed by atoms with Gasteiger partial charge >= 0.3 is 5.97 Å². The number of aromatic nitrogens is 3. The molecular weight excluding hydrogens is 274 g/mol. The first-order chi connectivity index (χ1) is 9.72. The Kier molecular flexibility index (Phi) is 3.30. The van der Waals surface area contributed by atoms with Crippen LogP contribution in [0.2, 0.25) is 0 Å². The van der Waals surface area contributed by atoms with Crippen molar-refractivity contribution in [3.8, 4) is 0 Å². The summed E-state index contributed by atoms with van der Waals surface area (Å²) in [5.41, 5.74) is 1.66. The lowest BCUT2D eigenvalue weighted by atomic mass is 10.3. The Morgan fingerprint density at radius 2 is 1.90 bits per heavy atom. The zero-order valence-corrected chi connectivity index (χ0v) is 11.0. The molecule has 0 amide bonds. The molecule has 20 heavy (non-hydrogen) atoms. The van der Waals surface area contributed by atoms with Gasteiger partial charge in [0.2, 0.25) is 0 Å². The van der Waals surface area contributed by atoms with Crippen LogP contribution in [0.15, 0.2) is 58.7 Å². The van der Waals surface area contributed by atoms with Crippen molar-refractivity contribution in [2.75, 3.05) is 0 Å². The third kappa shape index (κ3) is 2.60. The van der Waals surface area contributed by atoms with Crippen LogP contribution in [0.25, 0.3) is 11.0 Å². The number of carboxylic acid groups (broad SMARTS) is 1. The van der Waals surface area contributed by atoms with Crippen LogP contribution in [0.4, 0.5) is 0 Å². The van der Waals surface area contributed by atoms with Gasteiger partial charge in [-0.2, -0.15) is 0 Å². The molecule has 0 bridgehead atoms. The minimum absolute atomic E-state index is 0.0174. The van der Waals surface area contributed by atoms with Crippen molar-refractivity contribution in [1.82, 2.24) is 15.0 Å². The van der Waals surface area contributed by atoms with E-state index in [9.17, 15) is 4.79 Å². The molecule has 3 aromatic rings. The van der Waals surface area contributed by atoms with E-state index in [0.717, 1.165) is 15.9 Å². The summed E-state index contributed by atoms with van der Waals surface area (Å²) in [5, 5.41) is 9.63. The van der Waals surface area contributed by atoms with E-state index in [0.29, 0.717) is 5.03 Å². The third-order valence-electron chi connectivity index (χ3n) is 2.60. The van der Waals surface area contributed by atoms with E-state index in [1.54, 1.807) is 12.3 Å². The average molecular weight is 283 g/mol. The Morgan fingerprint density at radius 1 is 1.10 bits per heavy atom. The van der Waals surface area contributed by atoms with Gasteiger partial charge in [0.1, 0.15) is 10.7 Å². The summed E-state index contributed by atoms with van der Waals surface area (Å²) in [6, 6.07) is 10.9. The average Bonchev–Trinajstić information content (AvgIpc) is 2.47. The maximum absolute atomic E-state index is 10.9. The molecule has 1 N–H and O–H groups in total. The molecule has 98 valence electrons. The van der Waals surface area contributed by atoms with Gasteiger partial charge in [0, 0.05) is 11.1 Å². The van der Waals surface area contributed by atoms with Crippen molar-refractivity contribution in [2.45, 2.75) is 9.92 Å². The summed E-state index contributed by atoms with van der Waals surface area (Å²) in [6.07, 6.45) is 3.15. The Morgan fingerprint density at radius 3 is 2.70 bits per heavy atom. The van der Waals surface area contributed by atoms with Crippen molar-refractivity contribution in [1.29, 1.82) is 0 Å². The van der Waals surface area contributed by atoms with Gasteiger partial charge in [0.15, 0.2) is 0 Å². The first-order valence-electron chi connectivity index (χ1n) is 5.81. The van der Waals surface area contributed by atoms with E-state index in [4.69, 9.17) is 5.11 Å². The van der Waals surface area contributed by atoms with E-state index >= 15 is 0 Å². The highest BCUT2D eigenvalue weighted by Crippen LogP contribution is 2.26. The number of aromatic carboxylic acids is 1. The standard InChI is InChI=1S/C14H9N3O2S/c18-14(19)12-7-9(5-6-15-12)20-13-8-16-10-3-1-2-4-11(10)17-13/h1-8H,(H,18,19). The molecule has 0 saturated carbocycles. The highest BCUT2D eigenvalue weighted by molar-refractivity contribution is 7.99. The lowest BCUT2D eigenvalue weighted by Crippen LogP contribution is -1.99. The van der Waals surface area contributed by atoms with Crippen LogP contribution in [0, 0.1) is 0 Å². The summed E-state index contributed by atoms with van der Waals surface area (Å²) in [5.74, 6) is -1.04. The molecule has 0 atom stereocenters. The summed E-state index contributed by atoms with van der Waals surface area (Å²) in [6.45, 7) is 0. The smallest absolute Gasteiger partial charge is 0.354 e. The Balaban J connectivity index is 1.92. The molecule has 2 aromatic heterocycles. The first-order valence-corrected chi connectivity index (χ1v) is 6.63. The number of para-hydroxylation sites is 2. The molecule has 0 unspecified atom stereocenters. The van der Waals surface area contributed by atoms with Gasteiger partial charge in [-0.05, 0) is 24.3 Å². The Labute approximate surface area is 118 Å². The van der Waals surface area contributed by atoms with E-state index in [1.807, 2.05) is 24.3 Å². The van der Waals surface area contributed by atoms with Crippen LogP contribution in [0.3, 0.4) is 0 Å². The van der Waals surface area contributed by atoms with E-state index in [1.165, 1.54) is 24.0 Å². The second kappa shape index (κ2) is 5.26. The molecule has 0 saturated heterocycles. The molecule has 0 aliphatic heterocycles. The number of hydrogen-bond acceptors (Lipinski definition) is 5. The molecule has 0 fully saturated rings. The fourth-order valence-corrected chi connectivity index (χ4v) is 2.49. The van der Waals surface area contributed by atoms with Crippen LogP contribution in [0.5, 0.6) is 0 Å². The summed E-state index contributed by atoms with van der Waals surface area (Å²) < 4.78 is 0. The maximum atomic E-state index is 10.9. The lowest BCUT2D eigenvalue weighted by molar-refractivity contribution is 0.0690. The van der Waals surface area contributed by atoms with Gasteiger partial charge in [-0.3, -0.25) is 4.98 Å². The summed E-state index contributed by atoms with van der Waals surface area (Å²) in [4.78, 5) is 24.2. The summed E-state index contributed by atoms with van der Waals surface area (Å²) in [7, 11) is 0. The number of fused-ring (bicyclic) bond motifs is 1. The van der Waals surface area contributed by atoms with Crippen molar-refractivity contribution in [3.63, 3.8) is 0 Å². The molecule has 0 radical (unpaired) electrons. The van der Waals surface area contributed by atoms with E-state index in [-0.39, 0.29) is 5.69 Å². The minimum Gasteiger partial charge on any atom is -0.477 e. The Bertz CT molecular complexity index is 792. The van der Waals surface area contributed by atoms with Crippen LogP contribution >= 0.6 is 11.8 Å². The molecule has 0 aliphatic carbocycles. The molecule has 0 spiro atoms. The van der Waals surface area contributed by atoms with Gasteiger partial charge in [0.05, 0.1) is 17.2 Å². The van der Waals surface area contributed by atoms with E-state index in [2.05, 4.69) is 15.0 Å². The third-order valence-corrected chi connectivity index (χ3v) is 3.49. The predicted octanol–water partition coefficient (Wildman–Crippen LogP) is 2.87. The second-order valence-corrected chi connectivity index (χ2v) is 5.07. The number of pyridine rings is 1. The second-order valence-electron chi connectivity index (χ2n) is 3.98. The highest BCUT2D eigenvalue weighted by atomic mass is 32.2. The minimum atomic E-state index is -1.04. The van der Waals surface area contributed by atoms with E-state index < -0.39 is 5.97 Å².